The maximum absolute atomic E-state index is 12.8. The van der Waals surface area contributed by atoms with Crippen LogP contribution in [0.2, 0.25) is 0 Å². The highest BCUT2D eigenvalue weighted by molar-refractivity contribution is 7.90. The second-order valence-corrected chi connectivity index (χ2v) is 7.53. The molecule has 0 aliphatic rings. The summed E-state index contributed by atoms with van der Waals surface area (Å²) in [5, 5.41) is 5.98. The Balaban J connectivity index is 2.37. The number of benzene rings is 1. The molecule has 5 nitrogen and oxygen atoms in total. The Morgan fingerprint density at radius 3 is 2.57 bits per heavy atom. The molecule has 0 fully saturated rings. The standard InChI is InChI=1S/C13H12F3N3O2S2/c1-8-7-22-12(18-8)19-17-6-9-5-10(13(14,15)16)3-4-11(9)23(2,20)21/h3-7H,1-2H3,(H,18,19). The van der Waals surface area contributed by atoms with Gasteiger partial charge in [0, 0.05) is 17.2 Å². The quantitative estimate of drug-likeness (QED) is 0.668. The van der Waals surface area contributed by atoms with Gasteiger partial charge in [0.15, 0.2) is 9.84 Å². The number of thiazole rings is 1. The van der Waals surface area contributed by atoms with Crippen molar-refractivity contribution in [2.24, 2.45) is 5.10 Å². The monoisotopic (exact) mass is 363 g/mol. The van der Waals surface area contributed by atoms with Gasteiger partial charge in [-0.25, -0.2) is 13.4 Å². The van der Waals surface area contributed by atoms with Crippen molar-refractivity contribution in [3.63, 3.8) is 0 Å². The fourth-order valence-electron chi connectivity index (χ4n) is 1.73. The number of sulfone groups is 1. The van der Waals surface area contributed by atoms with Crippen LogP contribution in [-0.4, -0.2) is 25.9 Å². The summed E-state index contributed by atoms with van der Waals surface area (Å²) in [6, 6.07) is 2.40. The summed E-state index contributed by atoms with van der Waals surface area (Å²) in [6.45, 7) is 1.78. The molecule has 0 aliphatic heterocycles. The Hall–Kier alpha value is -1.94. The predicted octanol–water partition coefficient (Wildman–Crippen LogP) is 3.32. The van der Waals surface area contributed by atoms with Crippen LogP contribution in [0.3, 0.4) is 0 Å². The van der Waals surface area contributed by atoms with Gasteiger partial charge in [0.25, 0.3) is 0 Å². The molecule has 0 bridgehead atoms. The van der Waals surface area contributed by atoms with Gasteiger partial charge in [-0.1, -0.05) is 0 Å². The van der Waals surface area contributed by atoms with Gasteiger partial charge in [0.05, 0.1) is 22.4 Å². The third-order valence-corrected chi connectivity index (χ3v) is 4.75. The third-order valence-electron chi connectivity index (χ3n) is 2.72. The predicted molar refractivity (Wildman–Crippen MR) is 82.6 cm³/mol. The highest BCUT2D eigenvalue weighted by atomic mass is 32.2. The van der Waals surface area contributed by atoms with Gasteiger partial charge >= 0.3 is 6.18 Å². The van der Waals surface area contributed by atoms with Crippen molar-refractivity contribution < 1.29 is 21.6 Å². The van der Waals surface area contributed by atoms with Crippen LogP contribution in [0.15, 0.2) is 33.6 Å². The summed E-state index contributed by atoms with van der Waals surface area (Å²) in [7, 11) is -3.69. The maximum atomic E-state index is 12.8. The van der Waals surface area contributed by atoms with Crippen LogP contribution in [0.4, 0.5) is 18.3 Å². The van der Waals surface area contributed by atoms with Crippen molar-refractivity contribution in [2.45, 2.75) is 18.0 Å². The average molecular weight is 363 g/mol. The molecule has 0 amide bonds. The molecule has 1 aromatic carbocycles. The molecule has 0 aliphatic carbocycles. The molecule has 1 aromatic heterocycles. The fraction of sp³-hybridized carbons (Fsp3) is 0.231. The van der Waals surface area contributed by atoms with Crippen molar-refractivity contribution in [1.82, 2.24) is 4.98 Å². The molecule has 124 valence electrons. The number of anilines is 1. The highest BCUT2D eigenvalue weighted by Gasteiger charge is 2.31. The average Bonchev–Trinajstić information content (AvgIpc) is 2.82. The topological polar surface area (TPSA) is 71.4 Å². The van der Waals surface area contributed by atoms with E-state index in [0.29, 0.717) is 5.13 Å². The number of halogens is 3. The van der Waals surface area contributed by atoms with E-state index in [-0.39, 0.29) is 10.5 Å². The lowest BCUT2D eigenvalue weighted by molar-refractivity contribution is -0.137. The summed E-state index contributed by atoms with van der Waals surface area (Å²) in [6.07, 6.45) is -2.62. The number of hydrazone groups is 1. The van der Waals surface area contributed by atoms with Crippen LogP contribution < -0.4 is 5.43 Å². The van der Waals surface area contributed by atoms with Gasteiger partial charge in [0.2, 0.25) is 5.13 Å². The van der Waals surface area contributed by atoms with Gasteiger partial charge in [0.1, 0.15) is 0 Å². The summed E-state index contributed by atoms with van der Waals surface area (Å²) < 4.78 is 61.7. The largest absolute Gasteiger partial charge is 0.416 e. The zero-order valence-electron chi connectivity index (χ0n) is 12.0. The molecule has 2 rings (SSSR count). The van der Waals surface area contributed by atoms with Crippen molar-refractivity contribution in [2.75, 3.05) is 11.7 Å². The lowest BCUT2D eigenvalue weighted by Gasteiger charge is -2.10. The molecular formula is C13H12F3N3O2S2. The van der Waals surface area contributed by atoms with Gasteiger partial charge in [-0.05, 0) is 25.1 Å². The Morgan fingerprint density at radius 1 is 1.35 bits per heavy atom. The van der Waals surface area contributed by atoms with Crippen LogP contribution in [-0.2, 0) is 16.0 Å². The third kappa shape index (κ3) is 4.52. The zero-order chi connectivity index (χ0) is 17.3. The van der Waals surface area contributed by atoms with Gasteiger partial charge in [-0.15, -0.1) is 11.3 Å². The smallest absolute Gasteiger partial charge is 0.253 e. The van der Waals surface area contributed by atoms with E-state index in [1.54, 1.807) is 12.3 Å². The van der Waals surface area contributed by atoms with E-state index >= 15 is 0 Å². The van der Waals surface area contributed by atoms with Crippen LogP contribution >= 0.6 is 11.3 Å². The first-order valence-corrected chi connectivity index (χ1v) is 8.97. The molecule has 0 unspecified atom stereocenters. The van der Waals surface area contributed by atoms with E-state index in [9.17, 15) is 21.6 Å². The van der Waals surface area contributed by atoms with Crippen LogP contribution in [0.5, 0.6) is 0 Å². The van der Waals surface area contributed by atoms with Crippen LogP contribution in [0, 0.1) is 6.92 Å². The van der Waals surface area contributed by atoms with Crippen molar-refractivity contribution in [1.29, 1.82) is 0 Å². The first kappa shape index (κ1) is 17.4. The minimum Gasteiger partial charge on any atom is -0.253 e. The Kier molecular flexibility index (Phi) is 4.76. The number of hydrogen-bond acceptors (Lipinski definition) is 6. The number of aromatic nitrogens is 1. The zero-order valence-corrected chi connectivity index (χ0v) is 13.7. The lowest BCUT2D eigenvalue weighted by Crippen LogP contribution is -2.09. The second-order valence-electron chi connectivity index (χ2n) is 4.69. The molecule has 2 aromatic rings. The van der Waals surface area contributed by atoms with Crippen molar-refractivity contribution >= 4 is 32.5 Å². The molecule has 10 heteroatoms. The van der Waals surface area contributed by atoms with E-state index in [1.165, 1.54) is 11.3 Å². The Morgan fingerprint density at radius 2 is 2.04 bits per heavy atom. The second kappa shape index (κ2) is 6.28. The van der Waals surface area contributed by atoms with Gasteiger partial charge in [-0.3, -0.25) is 5.43 Å². The van der Waals surface area contributed by atoms with Crippen molar-refractivity contribution in [3.05, 3.63) is 40.4 Å². The molecule has 0 atom stereocenters. The first-order chi connectivity index (χ1) is 10.6. The van der Waals surface area contributed by atoms with E-state index in [4.69, 9.17) is 0 Å². The van der Waals surface area contributed by atoms with E-state index in [0.717, 1.165) is 36.4 Å². The molecule has 1 heterocycles. The van der Waals surface area contributed by atoms with Crippen molar-refractivity contribution in [3.8, 4) is 0 Å². The number of hydrogen-bond donors (Lipinski definition) is 1. The normalized spacial score (nSPS) is 12.7. The van der Waals surface area contributed by atoms with Crippen LogP contribution in [0.1, 0.15) is 16.8 Å². The number of aryl methyl sites for hydroxylation is 1. The molecular weight excluding hydrogens is 351 g/mol. The summed E-state index contributed by atoms with van der Waals surface area (Å²) in [5.74, 6) is 0. The van der Waals surface area contributed by atoms with E-state index in [2.05, 4.69) is 15.5 Å². The molecule has 0 saturated heterocycles. The number of rotatable bonds is 4. The van der Waals surface area contributed by atoms with E-state index < -0.39 is 21.6 Å². The molecule has 23 heavy (non-hydrogen) atoms. The first-order valence-electron chi connectivity index (χ1n) is 6.20. The Labute approximate surface area is 134 Å². The number of nitrogens with zero attached hydrogens (tertiary/aromatic N) is 2. The number of nitrogens with one attached hydrogen (secondary N) is 1. The highest BCUT2D eigenvalue weighted by Crippen LogP contribution is 2.31. The molecule has 0 saturated carbocycles. The molecule has 0 spiro atoms. The van der Waals surface area contributed by atoms with Gasteiger partial charge < -0.3 is 0 Å². The summed E-state index contributed by atoms with van der Waals surface area (Å²) in [5.41, 5.74) is 2.22. The number of alkyl halides is 3. The molecule has 1 N–H and O–H groups in total. The maximum Gasteiger partial charge on any atom is 0.416 e. The Bertz CT molecular complexity index is 842. The van der Waals surface area contributed by atoms with Crippen LogP contribution in [0.25, 0.3) is 0 Å². The minimum absolute atomic E-state index is 0.150. The van der Waals surface area contributed by atoms with E-state index in [1.807, 2.05) is 0 Å². The SMILES string of the molecule is Cc1csc(NN=Cc2cc(C(F)(F)F)ccc2S(C)(=O)=O)n1. The minimum atomic E-state index is -4.57. The fourth-order valence-corrected chi connectivity index (χ4v) is 3.22. The lowest BCUT2D eigenvalue weighted by atomic mass is 10.1. The summed E-state index contributed by atoms with van der Waals surface area (Å²) >= 11 is 1.27. The van der Waals surface area contributed by atoms with Gasteiger partial charge in [-0.2, -0.15) is 18.3 Å². The summed E-state index contributed by atoms with van der Waals surface area (Å²) in [4.78, 5) is 3.84. The molecule has 0 radical (unpaired) electrons.